The molecule has 0 unspecified atom stereocenters. The molecule has 3 aromatic rings. The van der Waals surface area contributed by atoms with Crippen molar-refractivity contribution in [2.45, 2.75) is 44.6 Å². The molecule has 2 heterocycles. The summed E-state index contributed by atoms with van der Waals surface area (Å²) in [5, 5.41) is 3.05. The molecule has 0 saturated heterocycles. The van der Waals surface area contributed by atoms with Crippen molar-refractivity contribution < 1.29 is 4.79 Å². The second kappa shape index (κ2) is 8.80. The van der Waals surface area contributed by atoms with Crippen LogP contribution in [-0.2, 0) is 11.3 Å². The number of rotatable bonds is 7. The van der Waals surface area contributed by atoms with Gasteiger partial charge in [0, 0.05) is 42.4 Å². The monoisotopic (exact) mass is 410 g/mol. The van der Waals surface area contributed by atoms with Crippen LogP contribution in [0.5, 0.6) is 0 Å². The standard InChI is InChI=1S/C26H26N4O/c31-24(15-18-5-1-2-6-18)28-16-19-8-10-20(11-9-19)25-22(23-7-3-4-14-27-23)17-29-26(30-25)21-12-13-21/h1,3-5,7-11,14,17-18,21H,2,6,12-13,15-16H2,(H,28,31)/t18-/m0/s1. The molecule has 1 fully saturated rings. The van der Waals surface area contributed by atoms with Gasteiger partial charge in [-0.2, -0.15) is 0 Å². The maximum absolute atomic E-state index is 12.2. The maximum atomic E-state index is 12.2. The lowest BCUT2D eigenvalue weighted by atomic mass is 10.0. The average molecular weight is 411 g/mol. The Morgan fingerprint density at radius 3 is 2.61 bits per heavy atom. The number of nitrogens with zero attached hydrogens (tertiary/aromatic N) is 3. The summed E-state index contributed by atoms with van der Waals surface area (Å²) in [6, 6.07) is 14.2. The molecule has 0 spiro atoms. The van der Waals surface area contributed by atoms with E-state index in [0.717, 1.165) is 59.6 Å². The van der Waals surface area contributed by atoms with E-state index in [4.69, 9.17) is 4.98 Å². The van der Waals surface area contributed by atoms with Crippen LogP contribution in [0.1, 0.15) is 49.4 Å². The first-order valence-corrected chi connectivity index (χ1v) is 11.1. The van der Waals surface area contributed by atoms with E-state index in [1.54, 1.807) is 6.20 Å². The number of hydrogen-bond acceptors (Lipinski definition) is 4. The minimum atomic E-state index is 0.114. The second-order valence-corrected chi connectivity index (χ2v) is 8.42. The SMILES string of the molecule is O=C(C[C@H]1C=CCC1)NCc1ccc(-c2nc(C3CC3)ncc2-c2ccccn2)cc1. The smallest absolute Gasteiger partial charge is 0.220 e. The Kier molecular flexibility index (Phi) is 5.57. The summed E-state index contributed by atoms with van der Waals surface area (Å²) in [6.07, 6.45) is 13.1. The van der Waals surface area contributed by atoms with Gasteiger partial charge in [-0.25, -0.2) is 9.97 Å². The highest BCUT2D eigenvalue weighted by Gasteiger charge is 2.27. The molecule has 2 aliphatic rings. The molecule has 1 N–H and O–H groups in total. The third-order valence-corrected chi connectivity index (χ3v) is 5.97. The van der Waals surface area contributed by atoms with E-state index in [1.165, 1.54) is 0 Å². The molecule has 1 atom stereocenters. The summed E-state index contributed by atoms with van der Waals surface area (Å²) in [4.78, 5) is 26.2. The van der Waals surface area contributed by atoms with Crippen LogP contribution in [0.3, 0.4) is 0 Å². The molecule has 1 saturated carbocycles. The van der Waals surface area contributed by atoms with E-state index in [1.807, 2.05) is 24.4 Å². The van der Waals surface area contributed by atoms with Crippen molar-refractivity contribution >= 4 is 5.91 Å². The number of carbonyl (C=O) groups is 1. The summed E-state index contributed by atoms with van der Waals surface area (Å²) < 4.78 is 0. The second-order valence-electron chi connectivity index (χ2n) is 8.42. The molecule has 0 bridgehead atoms. The largest absolute Gasteiger partial charge is 0.352 e. The van der Waals surface area contributed by atoms with Crippen molar-refractivity contribution in [3.05, 3.63) is 78.4 Å². The molecule has 5 rings (SSSR count). The van der Waals surface area contributed by atoms with Gasteiger partial charge in [-0.15, -0.1) is 0 Å². The Morgan fingerprint density at radius 1 is 1.03 bits per heavy atom. The number of aromatic nitrogens is 3. The molecular weight excluding hydrogens is 384 g/mol. The van der Waals surface area contributed by atoms with Crippen molar-refractivity contribution in [2.24, 2.45) is 5.92 Å². The number of pyridine rings is 1. The molecule has 1 amide bonds. The van der Waals surface area contributed by atoms with Crippen LogP contribution >= 0.6 is 0 Å². The van der Waals surface area contributed by atoms with Gasteiger partial charge in [0.2, 0.25) is 5.91 Å². The fourth-order valence-electron chi connectivity index (χ4n) is 4.02. The first kappa shape index (κ1) is 19.6. The molecule has 0 aliphatic heterocycles. The summed E-state index contributed by atoms with van der Waals surface area (Å²) in [7, 11) is 0. The van der Waals surface area contributed by atoms with E-state index in [-0.39, 0.29) is 5.91 Å². The zero-order chi connectivity index (χ0) is 21.0. The quantitative estimate of drug-likeness (QED) is 0.553. The van der Waals surface area contributed by atoms with E-state index in [9.17, 15) is 4.79 Å². The molecule has 5 nitrogen and oxygen atoms in total. The Bertz CT molecular complexity index is 1090. The first-order chi connectivity index (χ1) is 15.3. The number of allylic oxidation sites excluding steroid dienone is 2. The van der Waals surface area contributed by atoms with Crippen molar-refractivity contribution in [1.29, 1.82) is 0 Å². The van der Waals surface area contributed by atoms with Crippen LogP contribution in [0.15, 0.2) is 67.0 Å². The van der Waals surface area contributed by atoms with Gasteiger partial charge in [-0.1, -0.05) is 42.5 Å². The van der Waals surface area contributed by atoms with E-state index in [0.29, 0.717) is 24.8 Å². The summed E-state index contributed by atoms with van der Waals surface area (Å²) in [5.41, 5.74) is 4.85. The third-order valence-electron chi connectivity index (χ3n) is 5.97. The molecule has 5 heteroatoms. The van der Waals surface area contributed by atoms with E-state index >= 15 is 0 Å². The first-order valence-electron chi connectivity index (χ1n) is 11.1. The number of hydrogen-bond donors (Lipinski definition) is 1. The minimum absolute atomic E-state index is 0.114. The zero-order valence-corrected chi connectivity index (χ0v) is 17.5. The predicted octanol–water partition coefficient (Wildman–Crippen LogP) is 5.06. The topological polar surface area (TPSA) is 67.8 Å². The molecular formula is C26H26N4O. The predicted molar refractivity (Wildman–Crippen MR) is 121 cm³/mol. The zero-order valence-electron chi connectivity index (χ0n) is 17.5. The summed E-state index contributed by atoms with van der Waals surface area (Å²) >= 11 is 0. The van der Waals surface area contributed by atoms with E-state index < -0.39 is 0 Å². The highest BCUT2D eigenvalue weighted by Crippen LogP contribution is 2.40. The molecule has 156 valence electrons. The van der Waals surface area contributed by atoms with Crippen LogP contribution in [0.25, 0.3) is 22.5 Å². The minimum Gasteiger partial charge on any atom is -0.352 e. The lowest BCUT2D eigenvalue weighted by Crippen LogP contribution is -2.24. The average Bonchev–Trinajstić information content (AvgIpc) is 3.55. The van der Waals surface area contributed by atoms with Gasteiger partial charge < -0.3 is 5.32 Å². The molecule has 2 aliphatic carbocycles. The number of carbonyl (C=O) groups excluding carboxylic acids is 1. The van der Waals surface area contributed by atoms with Gasteiger partial charge in [0.25, 0.3) is 0 Å². The number of amides is 1. The van der Waals surface area contributed by atoms with Crippen LogP contribution < -0.4 is 5.32 Å². The maximum Gasteiger partial charge on any atom is 0.220 e. The van der Waals surface area contributed by atoms with Crippen LogP contribution in [0, 0.1) is 5.92 Å². The molecule has 0 radical (unpaired) electrons. The Hall–Kier alpha value is -3.34. The van der Waals surface area contributed by atoms with Gasteiger partial charge >= 0.3 is 0 Å². The highest BCUT2D eigenvalue weighted by molar-refractivity contribution is 5.79. The molecule has 1 aromatic carbocycles. The number of nitrogens with one attached hydrogen (secondary N) is 1. The summed E-state index contributed by atoms with van der Waals surface area (Å²) in [5.74, 6) is 1.92. The van der Waals surface area contributed by atoms with Crippen LogP contribution in [0.4, 0.5) is 0 Å². The lowest BCUT2D eigenvalue weighted by molar-refractivity contribution is -0.121. The van der Waals surface area contributed by atoms with Gasteiger partial charge in [0.05, 0.1) is 11.4 Å². The Labute approximate surface area is 182 Å². The summed E-state index contributed by atoms with van der Waals surface area (Å²) in [6.45, 7) is 0.541. The van der Waals surface area contributed by atoms with Gasteiger partial charge in [0.1, 0.15) is 5.82 Å². The van der Waals surface area contributed by atoms with Crippen molar-refractivity contribution in [2.75, 3.05) is 0 Å². The molecule has 2 aromatic heterocycles. The Balaban J connectivity index is 1.33. The van der Waals surface area contributed by atoms with Gasteiger partial charge in [-0.05, 0) is 49.3 Å². The van der Waals surface area contributed by atoms with E-state index in [2.05, 4.69) is 51.7 Å². The van der Waals surface area contributed by atoms with Crippen molar-refractivity contribution in [3.63, 3.8) is 0 Å². The third kappa shape index (κ3) is 4.71. The lowest BCUT2D eigenvalue weighted by Gasteiger charge is -2.12. The van der Waals surface area contributed by atoms with Gasteiger partial charge in [0.15, 0.2) is 0 Å². The van der Waals surface area contributed by atoms with Crippen molar-refractivity contribution in [3.8, 4) is 22.5 Å². The highest BCUT2D eigenvalue weighted by atomic mass is 16.1. The van der Waals surface area contributed by atoms with Crippen LogP contribution in [0.2, 0.25) is 0 Å². The molecule has 31 heavy (non-hydrogen) atoms. The van der Waals surface area contributed by atoms with Crippen molar-refractivity contribution in [1.82, 2.24) is 20.3 Å². The number of benzene rings is 1. The fourth-order valence-corrected chi connectivity index (χ4v) is 4.02. The fraction of sp³-hybridized carbons (Fsp3) is 0.308. The van der Waals surface area contributed by atoms with Gasteiger partial charge in [-0.3, -0.25) is 9.78 Å². The van der Waals surface area contributed by atoms with Crippen LogP contribution in [-0.4, -0.2) is 20.9 Å². The normalized spacial score (nSPS) is 17.6. The Morgan fingerprint density at radius 2 is 1.90 bits per heavy atom.